The molecule has 0 spiro atoms. The van der Waals surface area contributed by atoms with Crippen LogP contribution in [-0.2, 0) is 19.0 Å². The minimum Gasteiger partial charge on any atom is -0.486 e. The van der Waals surface area contributed by atoms with Gasteiger partial charge in [-0.3, -0.25) is 9.69 Å². The Hall–Kier alpha value is -4.42. The van der Waals surface area contributed by atoms with E-state index in [1.165, 1.54) is 16.9 Å². The van der Waals surface area contributed by atoms with Gasteiger partial charge < -0.3 is 34.1 Å². The van der Waals surface area contributed by atoms with E-state index in [1.807, 2.05) is 6.07 Å². The average Bonchev–Trinajstić information content (AvgIpc) is 3.44. The summed E-state index contributed by atoms with van der Waals surface area (Å²) in [4.78, 5) is 32.5. The number of benzene rings is 2. The van der Waals surface area contributed by atoms with E-state index in [-0.39, 0.29) is 36.8 Å². The summed E-state index contributed by atoms with van der Waals surface area (Å²) in [5, 5.41) is 13.2. The Morgan fingerprint density at radius 1 is 1.08 bits per heavy atom. The van der Waals surface area contributed by atoms with E-state index in [0.29, 0.717) is 29.9 Å². The fraction of sp³-hybridized carbons (Fsp3) is 0.514. The number of nitriles is 1. The van der Waals surface area contributed by atoms with Gasteiger partial charge in [-0.25, -0.2) is 14.4 Å². The van der Waals surface area contributed by atoms with E-state index in [1.54, 1.807) is 32.0 Å². The van der Waals surface area contributed by atoms with E-state index < -0.39 is 24.2 Å². The maximum Gasteiger partial charge on any atom is 0.254 e. The van der Waals surface area contributed by atoms with E-state index in [0.717, 1.165) is 50.6 Å². The zero-order valence-corrected chi connectivity index (χ0v) is 28.0. The number of piperazine rings is 1. The molecule has 5 heterocycles. The van der Waals surface area contributed by atoms with Crippen molar-refractivity contribution in [3.05, 3.63) is 53.9 Å². The molecule has 4 fully saturated rings. The number of carbonyl (C=O) groups excluding carboxylic acids is 1. The summed E-state index contributed by atoms with van der Waals surface area (Å²) in [6, 6.07) is 13.9. The predicted molar refractivity (Wildman–Crippen MR) is 178 cm³/mol. The highest BCUT2D eigenvalue weighted by atomic mass is 19.1. The first-order valence-electron chi connectivity index (χ1n) is 16.7. The van der Waals surface area contributed by atoms with Gasteiger partial charge in [-0.15, -0.1) is 0 Å². The highest BCUT2D eigenvalue weighted by molar-refractivity contribution is 5.81. The lowest BCUT2D eigenvalue weighted by atomic mass is 10.0. The van der Waals surface area contributed by atoms with Crippen molar-refractivity contribution in [1.29, 1.82) is 5.26 Å². The average molecular weight is 673 g/mol. The zero-order valence-electron chi connectivity index (χ0n) is 28.0. The molecule has 1 aromatic heterocycles. The molecule has 3 aromatic rings. The predicted octanol–water partition coefficient (Wildman–Crippen LogP) is 3.45. The second-order valence-electron chi connectivity index (χ2n) is 13.4. The Morgan fingerprint density at radius 3 is 2.57 bits per heavy atom. The van der Waals surface area contributed by atoms with E-state index in [4.69, 9.17) is 18.9 Å². The van der Waals surface area contributed by atoms with Gasteiger partial charge in [-0.05, 0) is 62.7 Å². The second-order valence-corrected chi connectivity index (χ2v) is 13.4. The van der Waals surface area contributed by atoms with Crippen molar-refractivity contribution in [2.24, 2.45) is 0 Å². The molecule has 0 aliphatic carbocycles. The topological polar surface area (TPSA) is 138 Å². The quantitative estimate of drug-likeness (QED) is 0.375. The number of rotatable bonds is 8. The number of hydrogen-bond acceptors (Lipinski definition) is 12. The smallest absolute Gasteiger partial charge is 0.254 e. The van der Waals surface area contributed by atoms with Crippen LogP contribution in [0.4, 0.5) is 21.7 Å². The van der Waals surface area contributed by atoms with Crippen LogP contribution in [0, 0.1) is 18.3 Å². The summed E-state index contributed by atoms with van der Waals surface area (Å²) >= 11 is 0. The van der Waals surface area contributed by atoms with Gasteiger partial charge in [-0.2, -0.15) is 10.2 Å². The number of aromatic nitrogens is 3. The summed E-state index contributed by atoms with van der Waals surface area (Å²) < 4.78 is 37.8. The number of likely N-dealkylation sites (tertiary alicyclic amines) is 1. The molecule has 49 heavy (non-hydrogen) atoms. The molecule has 4 aliphatic heterocycles. The van der Waals surface area contributed by atoms with Gasteiger partial charge in [0.05, 0.1) is 38.0 Å². The minimum atomic E-state index is -1.44. The third-order valence-electron chi connectivity index (χ3n) is 9.53. The molecule has 1 N–H and O–H groups in total. The molecule has 14 heteroatoms. The van der Waals surface area contributed by atoms with Gasteiger partial charge in [0.25, 0.3) is 5.91 Å². The Kier molecular flexibility index (Phi) is 9.34. The van der Waals surface area contributed by atoms with Crippen LogP contribution in [-0.4, -0.2) is 120 Å². The summed E-state index contributed by atoms with van der Waals surface area (Å²) in [6.07, 6.45) is -1.31. The number of aryl methyl sites for hydroxylation is 1. The van der Waals surface area contributed by atoms with Crippen LogP contribution in [0.3, 0.4) is 0 Å². The van der Waals surface area contributed by atoms with Crippen molar-refractivity contribution in [2.45, 2.75) is 57.4 Å². The van der Waals surface area contributed by atoms with Gasteiger partial charge in [0, 0.05) is 56.1 Å². The molecule has 4 aliphatic rings. The lowest BCUT2D eigenvalue weighted by Gasteiger charge is -2.43. The molecule has 7 rings (SSSR count). The number of piperidine rings is 1. The van der Waals surface area contributed by atoms with Crippen LogP contribution in [0.1, 0.15) is 31.4 Å². The van der Waals surface area contributed by atoms with Crippen molar-refractivity contribution in [2.75, 3.05) is 69.3 Å². The van der Waals surface area contributed by atoms with Crippen LogP contribution < -0.4 is 15.0 Å². The molecule has 1 unspecified atom stereocenters. The second kappa shape index (κ2) is 13.8. The number of amides is 1. The summed E-state index contributed by atoms with van der Waals surface area (Å²) in [5.74, 6) is -0.137. The van der Waals surface area contributed by atoms with Crippen LogP contribution >= 0.6 is 0 Å². The van der Waals surface area contributed by atoms with Crippen molar-refractivity contribution in [1.82, 2.24) is 24.8 Å². The van der Waals surface area contributed by atoms with Gasteiger partial charge >= 0.3 is 0 Å². The Balaban J connectivity index is 0.967. The van der Waals surface area contributed by atoms with Crippen molar-refractivity contribution < 1.29 is 28.1 Å². The summed E-state index contributed by atoms with van der Waals surface area (Å²) in [5.41, 5.74) is 4.04. The molecule has 1 amide bonds. The fourth-order valence-electron chi connectivity index (χ4n) is 6.73. The van der Waals surface area contributed by atoms with Gasteiger partial charge in [0.1, 0.15) is 24.3 Å². The molecule has 2 aromatic carbocycles. The Labute approximate surface area is 284 Å². The lowest BCUT2D eigenvalue weighted by molar-refractivity contribution is -0.162. The summed E-state index contributed by atoms with van der Waals surface area (Å²) in [7, 11) is 0. The normalized spacial score (nSPS) is 24.3. The molecule has 13 nitrogen and oxygen atoms in total. The monoisotopic (exact) mass is 672 g/mol. The largest absolute Gasteiger partial charge is 0.486 e. The van der Waals surface area contributed by atoms with Gasteiger partial charge in [-0.1, -0.05) is 0 Å². The van der Waals surface area contributed by atoms with E-state index in [9.17, 15) is 10.1 Å². The molecule has 0 bridgehead atoms. The van der Waals surface area contributed by atoms with E-state index >= 15 is 4.39 Å². The molecule has 0 radical (unpaired) electrons. The minimum absolute atomic E-state index is 0.125. The molecule has 0 saturated carbocycles. The van der Waals surface area contributed by atoms with Crippen LogP contribution in [0.15, 0.2) is 42.7 Å². The Bertz CT molecular complexity index is 1720. The third-order valence-corrected chi connectivity index (χ3v) is 9.53. The van der Waals surface area contributed by atoms with Crippen molar-refractivity contribution in [3.63, 3.8) is 0 Å². The highest BCUT2D eigenvalue weighted by Gasteiger charge is 2.42. The van der Waals surface area contributed by atoms with Gasteiger partial charge in [0.15, 0.2) is 23.9 Å². The van der Waals surface area contributed by atoms with Crippen LogP contribution in [0.25, 0.3) is 11.4 Å². The number of anilines is 3. The molecule has 3 atom stereocenters. The van der Waals surface area contributed by atoms with Crippen LogP contribution in [0.5, 0.6) is 5.75 Å². The lowest BCUT2D eigenvalue weighted by Crippen LogP contribution is -2.56. The number of carbonyl (C=O) groups is 1. The molecular formula is C35H41FN8O5. The van der Waals surface area contributed by atoms with Crippen molar-refractivity contribution >= 4 is 23.2 Å². The number of nitrogens with zero attached hydrogens (tertiary/aromatic N) is 7. The Morgan fingerprint density at radius 2 is 1.90 bits per heavy atom. The number of alkyl halides is 1. The number of nitrogens with one attached hydrogen (secondary N) is 1. The number of hydrogen-bond donors (Lipinski definition) is 1. The zero-order chi connectivity index (χ0) is 34.1. The maximum absolute atomic E-state index is 15.3. The number of ether oxygens (including phenoxy) is 4. The van der Waals surface area contributed by atoms with Crippen LogP contribution in [0.2, 0.25) is 0 Å². The molecular weight excluding hydrogens is 631 g/mol. The van der Waals surface area contributed by atoms with Gasteiger partial charge in [0.2, 0.25) is 5.95 Å². The molecule has 258 valence electrons. The standard InChI is InChI=1S/C35H41FN8O5/c1-22-14-25(5-6-28(22)43-12-10-42(11-13-43)26-18-46-19-26)40-34-39-21-38-32(41-34)23-4-7-29(24(15-23)16-37)48-30-8-9-44(17-27(30)36)33(45)31-20-47-35(2,3)49-31/h4-7,14-15,21,26-27,30-31H,8-13,17-20H2,1-3H3,(H,38,39,40,41)/t27-,30+,31?/m1/s1. The first-order chi connectivity index (χ1) is 23.7. The first kappa shape index (κ1) is 33.1. The first-order valence-corrected chi connectivity index (χ1v) is 16.7. The highest BCUT2D eigenvalue weighted by Crippen LogP contribution is 2.31. The number of halogens is 1. The molecule has 4 saturated heterocycles. The van der Waals surface area contributed by atoms with E-state index in [2.05, 4.69) is 55.2 Å². The maximum atomic E-state index is 15.3. The third kappa shape index (κ3) is 7.30. The fourth-order valence-corrected chi connectivity index (χ4v) is 6.73. The summed E-state index contributed by atoms with van der Waals surface area (Å²) in [6.45, 7) is 11.6. The van der Waals surface area contributed by atoms with Crippen molar-refractivity contribution in [3.8, 4) is 23.2 Å². The SMILES string of the molecule is Cc1cc(Nc2ncnc(-c3ccc(O[C@H]4CCN(C(=O)C5COC(C)(C)O5)C[C@H]4F)c(C#N)c3)n2)ccc1N1CCN(C2COC2)CC1.